The van der Waals surface area contributed by atoms with Crippen molar-refractivity contribution in [3.63, 3.8) is 0 Å². The van der Waals surface area contributed by atoms with Crippen molar-refractivity contribution in [1.82, 2.24) is 9.78 Å². The van der Waals surface area contributed by atoms with Crippen molar-refractivity contribution in [2.45, 2.75) is 20.4 Å². The van der Waals surface area contributed by atoms with Gasteiger partial charge in [0.2, 0.25) is 0 Å². The second-order valence-corrected chi connectivity index (χ2v) is 4.85. The van der Waals surface area contributed by atoms with Crippen LogP contribution in [0.4, 0.5) is 5.69 Å². The molecular weight excluding hydrogens is 268 g/mol. The van der Waals surface area contributed by atoms with Crippen LogP contribution in [0.2, 0.25) is 0 Å². The van der Waals surface area contributed by atoms with Gasteiger partial charge in [-0.05, 0) is 31.5 Å². The van der Waals surface area contributed by atoms with Gasteiger partial charge in [0, 0.05) is 13.6 Å². The van der Waals surface area contributed by atoms with Crippen LogP contribution in [0.5, 0.6) is 5.75 Å². The van der Waals surface area contributed by atoms with Crippen molar-refractivity contribution in [2.75, 3.05) is 11.9 Å². The molecular formula is C15H20N4O2. The molecule has 3 N–H and O–H groups in total. The highest BCUT2D eigenvalue weighted by Gasteiger charge is 2.12. The van der Waals surface area contributed by atoms with Gasteiger partial charge < -0.3 is 15.8 Å². The zero-order valence-electron chi connectivity index (χ0n) is 12.5. The molecule has 21 heavy (non-hydrogen) atoms. The Hall–Kier alpha value is -2.34. The number of anilines is 1. The van der Waals surface area contributed by atoms with Gasteiger partial charge in [0.1, 0.15) is 5.75 Å². The molecule has 6 heteroatoms. The van der Waals surface area contributed by atoms with E-state index in [0.29, 0.717) is 12.3 Å². The molecule has 0 aliphatic rings. The highest BCUT2D eigenvalue weighted by Crippen LogP contribution is 2.18. The van der Waals surface area contributed by atoms with Crippen molar-refractivity contribution in [3.05, 3.63) is 41.2 Å². The topological polar surface area (TPSA) is 82.2 Å². The van der Waals surface area contributed by atoms with Gasteiger partial charge in [-0.3, -0.25) is 9.48 Å². The number of nitrogens with two attached hydrogens (primary N) is 1. The Morgan fingerprint density at radius 2 is 2.00 bits per heavy atom. The van der Waals surface area contributed by atoms with Crippen LogP contribution in [0.25, 0.3) is 0 Å². The van der Waals surface area contributed by atoms with E-state index in [1.807, 2.05) is 33.0 Å². The van der Waals surface area contributed by atoms with E-state index >= 15 is 0 Å². The van der Waals surface area contributed by atoms with E-state index in [1.54, 1.807) is 16.8 Å². The number of aromatic nitrogens is 2. The number of nitrogens with zero attached hydrogens (tertiary/aromatic N) is 2. The van der Waals surface area contributed by atoms with E-state index in [0.717, 1.165) is 22.6 Å². The Morgan fingerprint density at radius 3 is 2.52 bits per heavy atom. The fourth-order valence-electron chi connectivity index (χ4n) is 2.00. The van der Waals surface area contributed by atoms with Crippen LogP contribution >= 0.6 is 0 Å². The summed E-state index contributed by atoms with van der Waals surface area (Å²) in [6.07, 6.45) is 0. The lowest BCUT2D eigenvalue weighted by Gasteiger charge is -2.08. The molecule has 0 radical (unpaired) electrons. The van der Waals surface area contributed by atoms with Gasteiger partial charge in [0.25, 0.3) is 5.91 Å². The largest absolute Gasteiger partial charge is 0.484 e. The molecule has 2 rings (SSSR count). The number of ether oxygens (including phenoxy) is 1. The van der Waals surface area contributed by atoms with E-state index in [1.165, 1.54) is 0 Å². The third kappa shape index (κ3) is 3.61. The summed E-state index contributed by atoms with van der Waals surface area (Å²) in [5, 5.41) is 7.08. The maximum Gasteiger partial charge on any atom is 0.262 e. The molecule has 2 aromatic rings. The zero-order valence-corrected chi connectivity index (χ0v) is 12.5. The first kappa shape index (κ1) is 15.1. The normalized spacial score (nSPS) is 10.5. The number of aryl methyl sites for hydroxylation is 2. The summed E-state index contributed by atoms with van der Waals surface area (Å²) in [5.74, 6) is 0.430. The molecule has 112 valence electrons. The van der Waals surface area contributed by atoms with Crippen LogP contribution in [0.3, 0.4) is 0 Å². The highest BCUT2D eigenvalue weighted by atomic mass is 16.5. The standard InChI is InChI=1S/C15H20N4O2/c1-10-15(11(2)19(3)18-10)17-14(20)9-21-13-6-4-12(8-16)5-7-13/h4-7H,8-9,16H2,1-3H3,(H,17,20). The first-order valence-electron chi connectivity index (χ1n) is 6.73. The van der Waals surface area contributed by atoms with Crippen LogP contribution in [0.1, 0.15) is 17.0 Å². The average Bonchev–Trinajstić information content (AvgIpc) is 2.72. The number of hydrogen-bond acceptors (Lipinski definition) is 4. The molecule has 0 spiro atoms. The van der Waals surface area contributed by atoms with Crippen molar-refractivity contribution >= 4 is 11.6 Å². The van der Waals surface area contributed by atoms with Gasteiger partial charge in [-0.1, -0.05) is 12.1 Å². The molecule has 0 saturated carbocycles. The maximum atomic E-state index is 11.9. The summed E-state index contributed by atoms with van der Waals surface area (Å²) < 4.78 is 7.18. The molecule has 1 aromatic carbocycles. The quantitative estimate of drug-likeness (QED) is 0.873. The van der Waals surface area contributed by atoms with Crippen molar-refractivity contribution < 1.29 is 9.53 Å². The molecule has 1 amide bonds. The zero-order chi connectivity index (χ0) is 15.4. The minimum atomic E-state index is -0.211. The van der Waals surface area contributed by atoms with Crippen molar-refractivity contribution in [1.29, 1.82) is 0 Å². The number of carbonyl (C=O) groups is 1. The van der Waals surface area contributed by atoms with Crippen molar-refractivity contribution in [2.24, 2.45) is 12.8 Å². The highest BCUT2D eigenvalue weighted by molar-refractivity contribution is 5.93. The van der Waals surface area contributed by atoms with Gasteiger partial charge in [0.15, 0.2) is 6.61 Å². The van der Waals surface area contributed by atoms with Crippen molar-refractivity contribution in [3.8, 4) is 5.75 Å². The Kier molecular flexibility index (Phi) is 4.59. The minimum absolute atomic E-state index is 0.0459. The number of hydrogen-bond donors (Lipinski definition) is 2. The van der Waals surface area contributed by atoms with E-state index in [4.69, 9.17) is 10.5 Å². The van der Waals surface area contributed by atoms with Crippen LogP contribution in [0, 0.1) is 13.8 Å². The summed E-state index contributed by atoms with van der Waals surface area (Å²) in [7, 11) is 1.84. The summed E-state index contributed by atoms with van der Waals surface area (Å²) in [6, 6.07) is 7.36. The van der Waals surface area contributed by atoms with Gasteiger partial charge >= 0.3 is 0 Å². The van der Waals surface area contributed by atoms with Gasteiger partial charge in [-0.15, -0.1) is 0 Å². The SMILES string of the molecule is Cc1nn(C)c(C)c1NC(=O)COc1ccc(CN)cc1. The molecule has 1 aromatic heterocycles. The Morgan fingerprint density at radius 1 is 1.33 bits per heavy atom. The van der Waals surface area contributed by atoms with E-state index in [-0.39, 0.29) is 12.5 Å². The molecule has 0 aliphatic heterocycles. The van der Waals surface area contributed by atoms with Crippen LogP contribution < -0.4 is 15.8 Å². The maximum absolute atomic E-state index is 11.9. The fraction of sp³-hybridized carbons (Fsp3) is 0.333. The predicted octanol–water partition coefficient (Wildman–Crippen LogP) is 1.51. The fourth-order valence-corrected chi connectivity index (χ4v) is 2.00. The van der Waals surface area contributed by atoms with E-state index in [9.17, 15) is 4.79 Å². The molecule has 0 bridgehead atoms. The Labute approximate surface area is 123 Å². The van der Waals surface area contributed by atoms with Crippen LogP contribution in [-0.2, 0) is 18.4 Å². The van der Waals surface area contributed by atoms with Crippen LogP contribution in [0.15, 0.2) is 24.3 Å². The Balaban J connectivity index is 1.92. The number of amides is 1. The van der Waals surface area contributed by atoms with Gasteiger partial charge in [0.05, 0.1) is 17.1 Å². The second kappa shape index (κ2) is 6.41. The monoisotopic (exact) mass is 288 g/mol. The predicted molar refractivity (Wildman–Crippen MR) is 81.1 cm³/mol. The first-order valence-corrected chi connectivity index (χ1v) is 6.73. The van der Waals surface area contributed by atoms with Crippen LogP contribution in [-0.4, -0.2) is 22.3 Å². The first-order chi connectivity index (χ1) is 10.0. The molecule has 6 nitrogen and oxygen atoms in total. The van der Waals surface area contributed by atoms with E-state index in [2.05, 4.69) is 10.4 Å². The molecule has 1 heterocycles. The molecule has 0 unspecified atom stereocenters. The number of benzene rings is 1. The minimum Gasteiger partial charge on any atom is -0.484 e. The Bertz CT molecular complexity index is 632. The lowest BCUT2D eigenvalue weighted by molar-refractivity contribution is -0.118. The summed E-state index contributed by atoms with van der Waals surface area (Å²) in [6.45, 7) is 4.20. The third-order valence-electron chi connectivity index (χ3n) is 3.30. The number of carbonyl (C=O) groups excluding carboxylic acids is 1. The summed E-state index contributed by atoms with van der Waals surface area (Å²) in [5.41, 5.74) is 8.99. The molecule has 0 atom stereocenters. The van der Waals surface area contributed by atoms with E-state index < -0.39 is 0 Å². The molecule has 0 fully saturated rings. The average molecular weight is 288 g/mol. The van der Waals surface area contributed by atoms with Gasteiger partial charge in [-0.2, -0.15) is 5.10 Å². The third-order valence-corrected chi connectivity index (χ3v) is 3.30. The number of rotatable bonds is 5. The number of nitrogens with one attached hydrogen (secondary N) is 1. The van der Waals surface area contributed by atoms with Gasteiger partial charge in [-0.25, -0.2) is 0 Å². The summed E-state index contributed by atoms with van der Waals surface area (Å²) in [4.78, 5) is 11.9. The lowest BCUT2D eigenvalue weighted by Crippen LogP contribution is -2.20. The smallest absolute Gasteiger partial charge is 0.262 e. The lowest BCUT2D eigenvalue weighted by atomic mass is 10.2. The molecule has 0 saturated heterocycles. The second-order valence-electron chi connectivity index (χ2n) is 4.85. The summed E-state index contributed by atoms with van der Waals surface area (Å²) >= 11 is 0. The molecule has 0 aliphatic carbocycles.